The predicted molar refractivity (Wildman–Crippen MR) is 78.7 cm³/mol. The fraction of sp³-hybridized carbons (Fsp3) is 0.176. The summed E-state index contributed by atoms with van der Waals surface area (Å²) >= 11 is 0. The molecule has 0 fully saturated rings. The van der Waals surface area contributed by atoms with Crippen LogP contribution in [0.4, 0.5) is 0 Å². The van der Waals surface area contributed by atoms with Crippen molar-refractivity contribution in [1.29, 1.82) is 0 Å². The molecule has 0 atom stereocenters. The molecule has 2 heterocycles. The molecule has 1 N–H and O–H groups in total. The van der Waals surface area contributed by atoms with E-state index in [1.54, 1.807) is 7.11 Å². The topological polar surface area (TPSA) is 38.7 Å². The molecule has 0 amide bonds. The standard InChI is InChI=1S/C17H16O3/c1-3-7-12-15-13(10-11-8-5-4-6-9-11)14(18)17(19-2)16(12)20-15/h3-9,18H,10H2,1-2H3/b7-3+. The summed E-state index contributed by atoms with van der Waals surface area (Å²) in [4.78, 5) is 0. The molecule has 102 valence electrons. The van der Waals surface area contributed by atoms with Crippen LogP contribution in [0.25, 0.3) is 6.08 Å². The lowest BCUT2D eigenvalue weighted by Crippen LogP contribution is -2.09. The van der Waals surface area contributed by atoms with E-state index in [9.17, 15) is 5.11 Å². The van der Waals surface area contributed by atoms with Gasteiger partial charge in [0.2, 0.25) is 5.75 Å². The van der Waals surface area contributed by atoms with Gasteiger partial charge in [-0.1, -0.05) is 42.5 Å². The highest BCUT2D eigenvalue weighted by Crippen LogP contribution is 2.58. The maximum Gasteiger partial charge on any atom is 0.204 e. The van der Waals surface area contributed by atoms with Gasteiger partial charge < -0.3 is 14.6 Å². The van der Waals surface area contributed by atoms with Gasteiger partial charge in [0.25, 0.3) is 0 Å². The second kappa shape index (κ2) is 4.93. The van der Waals surface area contributed by atoms with Crippen molar-refractivity contribution in [3.05, 3.63) is 53.1 Å². The molecule has 0 saturated carbocycles. The summed E-state index contributed by atoms with van der Waals surface area (Å²) in [6.07, 6.45) is 4.54. The zero-order valence-corrected chi connectivity index (χ0v) is 11.5. The van der Waals surface area contributed by atoms with Crippen LogP contribution in [-0.4, -0.2) is 12.2 Å². The molecule has 0 aromatic heterocycles. The second-order valence-corrected chi connectivity index (χ2v) is 4.70. The van der Waals surface area contributed by atoms with E-state index >= 15 is 0 Å². The maximum absolute atomic E-state index is 10.3. The third-order valence-corrected chi connectivity index (χ3v) is 3.44. The zero-order valence-electron chi connectivity index (χ0n) is 11.5. The maximum atomic E-state index is 10.3. The molecular weight excluding hydrogens is 252 g/mol. The minimum absolute atomic E-state index is 0.181. The molecule has 0 unspecified atom stereocenters. The molecule has 3 nitrogen and oxygen atoms in total. The quantitative estimate of drug-likeness (QED) is 0.773. The molecule has 3 heteroatoms. The number of phenols is 1. The zero-order chi connectivity index (χ0) is 14.1. The van der Waals surface area contributed by atoms with Gasteiger partial charge in [-0.25, -0.2) is 0 Å². The smallest absolute Gasteiger partial charge is 0.204 e. The molecule has 0 saturated heterocycles. The van der Waals surface area contributed by atoms with E-state index < -0.39 is 0 Å². The van der Waals surface area contributed by atoms with Crippen LogP contribution in [0, 0.1) is 0 Å². The number of ether oxygens (including phenoxy) is 2. The first kappa shape index (κ1) is 12.6. The third kappa shape index (κ3) is 1.83. The Kier molecular flexibility index (Phi) is 3.11. The van der Waals surface area contributed by atoms with Crippen LogP contribution in [0.5, 0.6) is 23.0 Å². The Labute approximate surface area is 118 Å². The first-order chi connectivity index (χ1) is 9.76. The number of hydrogen-bond acceptors (Lipinski definition) is 3. The summed E-state index contributed by atoms with van der Waals surface area (Å²) in [6, 6.07) is 10.00. The SMILES string of the molecule is C/C=C/c1c2c(Cc3ccccc3)c(O)c(OC)c1O2. The highest BCUT2D eigenvalue weighted by Gasteiger charge is 2.33. The summed E-state index contributed by atoms with van der Waals surface area (Å²) in [5.74, 6) is 1.97. The van der Waals surface area contributed by atoms with E-state index in [-0.39, 0.29) is 5.75 Å². The lowest BCUT2D eigenvalue weighted by atomic mass is 9.95. The average Bonchev–Trinajstić information content (AvgIpc) is 2.47. The van der Waals surface area contributed by atoms with Crippen molar-refractivity contribution in [2.24, 2.45) is 0 Å². The number of phenolic OH excluding ortho intramolecular Hbond substituents is 1. The summed E-state index contributed by atoms with van der Waals surface area (Å²) in [5, 5.41) is 10.3. The molecule has 2 aromatic rings. The van der Waals surface area contributed by atoms with Gasteiger partial charge in [-0.15, -0.1) is 0 Å². The summed E-state index contributed by atoms with van der Waals surface area (Å²) < 4.78 is 10.9. The van der Waals surface area contributed by atoms with Gasteiger partial charge in [-0.2, -0.15) is 0 Å². The first-order valence-electron chi connectivity index (χ1n) is 6.56. The summed E-state index contributed by atoms with van der Waals surface area (Å²) in [5.41, 5.74) is 2.89. The van der Waals surface area contributed by atoms with Crippen LogP contribution in [-0.2, 0) is 6.42 Å². The molecule has 2 aliphatic rings. The van der Waals surface area contributed by atoms with Gasteiger partial charge in [-0.05, 0) is 12.5 Å². The number of fused-ring (bicyclic) bond motifs is 2. The van der Waals surface area contributed by atoms with Crippen molar-refractivity contribution < 1.29 is 14.6 Å². The Morgan fingerprint density at radius 2 is 1.95 bits per heavy atom. The Morgan fingerprint density at radius 3 is 2.60 bits per heavy atom. The van der Waals surface area contributed by atoms with Crippen molar-refractivity contribution in [3.8, 4) is 23.0 Å². The Bertz CT molecular complexity index is 673. The van der Waals surface area contributed by atoms with Gasteiger partial charge in [0.15, 0.2) is 11.5 Å². The summed E-state index contributed by atoms with van der Waals surface area (Å²) in [6.45, 7) is 1.95. The highest BCUT2D eigenvalue weighted by atomic mass is 16.5. The van der Waals surface area contributed by atoms with Gasteiger partial charge in [0.05, 0.1) is 12.7 Å². The first-order valence-corrected chi connectivity index (χ1v) is 6.56. The number of rotatable bonds is 4. The third-order valence-electron chi connectivity index (χ3n) is 3.44. The molecule has 2 aromatic carbocycles. The minimum Gasteiger partial charge on any atom is -0.504 e. The number of allylic oxidation sites excluding steroid dienone is 1. The molecule has 0 aliphatic carbocycles. The Morgan fingerprint density at radius 1 is 1.20 bits per heavy atom. The van der Waals surface area contributed by atoms with Crippen LogP contribution < -0.4 is 9.47 Å². The van der Waals surface area contributed by atoms with Crippen LogP contribution in [0.3, 0.4) is 0 Å². The minimum atomic E-state index is 0.181. The number of aromatic hydroxyl groups is 1. The molecule has 4 rings (SSSR count). The molecule has 0 spiro atoms. The van der Waals surface area contributed by atoms with E-state index in [0.717, 1.165) is 22.4 Å². The van der Waals surface area contributed by atoms with Gasteiger partial charge >= 0.3 is 0 Å². The predicted octanol–water partition coefficient (Wildman–Crippen LogP) is 4.13. The molecule has 0 radical (unpaired) electrons. The monoisotopic (exact) mass is 268 g/mol. The van der Waals surface area contributed by atoms with Crippen molar-refractivity contribution >= 4 is 6.08 Å². The number of hydrogen-bond donors (Lipinski definition) is 1. The van der Waals surface area contributed by atoms with Crippen LogP contribution in [0.1, 0.15) is 23.6 Å². The fourth-order valence-electron chi connectivity index (χ4n) is 2.49. The molecule has 2 aliphatic heterocycles. The van der Waals surface area contributed by atoms with E-state index in [1.165, 1.54) is 0 Å². The number of benzene rings is 2. The van der Waals surface area contributed by atoms with Crippen LogP contribution >= 0.6 is 0 Å². The van der Waals surface area contributed by atoms with Crippen LogP contribution in [0.15, 0.2) is 36.4 Å². The van der Waals surface area contributed by atoms with Crippen molar-refractivity contribution in [1.82, 2.24) is 0 Å². The van der Waals surface area contributed by atoms with Crippen molar-refractivity contribution in [3.63, 3.8) is 0 Å². The van der Waals surface area contributed by atoms with Gasteiger partial charge in [0.1, 0.15) is 5.75 Å². The molecular formula is C17H16O3. The normalized spacial score (nSPS) is 12.1. The van der Waals surface area contributed by atoms with Crippen molar-refractivity contribution in [2.45, 2.75) is 13.3 Å². The van der Waals surface area contributed by atoms with E-state index in [0.29, 0.717) is 17.9 Å². The number of methoxy groups -OCH3 is 1. The lowest BCUT2D eigenvalue weighted by molar-refractivity contribution is 0.320. The van der Waals surface area contributed by atoms with Gasteiger partial charge in [-0.3, -0.25) is 0 Å². The molecule has 2 bridgehead atoms. The van der Waals surface area contributed by atoms with Crippen LogP contribution in [0.2, 0.25) is 0 Å². The summed E-state index contributed by atoms with van der Waals surface area (Å²) in [7, 11) is 1.54. The lowest BCUT2D eigenvalue weighted by Gasteiger charge is -2.29. The largest absolute Gasteiger partial charge is 0.504 e. The van der Waals surface area contributed by atoms with E-state index in [4.69, 9.17) is 9.47 Å². The van der Waals surface area contributed by atoms with Crippen molar-refractivity contribution in [2.75, 3.05) is 7.11 Å². The van der Waals surface area contributed by atoms with Gasteiger partial charge in [0, 0.05) is 12.0 Å². The molecule has 20 heavy (non-hydrogen) atoms. The van der Waals surface area contributed by atoms with E-state index in [1.807, 2.05) is 49.4 Å². The highest BCUT2D eigenvalue weighted by molar-refractivity contribution is 5.81. The van der Waals surface area contributed by atoms with E-state index in [2.05, 4.69) is 0 Å². The Hall–Kier alpha value is -2.42. The average molecular weight is 268 g/mol. The Balaban J connectivity index is 2.09. The second-order valence-electron chi connectivity index (χ2n) is 4.70. The fourth-order valence-corrected chi connectivity index (χ4v) is 2.49.